The van der Waals surface area contributed by atoms with Crippen molar-refractivity contribution in [3.8, 4) is 0 Å². The molecule has 0 aromatic heterocycles. The molecule has 1 atom stereocenters. The van der Waals surface area contributed by atoms with Gasteiger partial charge in [-0.3, -0.25) is 14.4 Å². The molecule has 1 aliphatic rings. The number of rotatable bonds is 7. The molecule has 1 N–H and O–H groups in total. The van der Waals surface area contributed by atoms with Crippen LogP contribution in [0.1, 0.15) is 50.0 Å². The van der Waals surface area contributed by atoms with Crippen molar-refractivity contribution in [2.45, 2.75) is 57.1 Å². The monoisotopic (exact) mass is 471 g/mol. The second-order valence-corrected chi connectivity index (χ2v) is 10.9. The van der Waals surface area contributed by atoms with Gasteiger partial charge in [0, 0.05) is 25.0 Å². The van der Waals surface area contributed by atoms with Gasteiger partial charge in [-0.05, 0) is 45.4 Å². The van der Waals surface area contributed by atoms with Gasteiger partial charge in [-0.2, -0.15) is 0 Å². The third kappa shape index (κ3) is 5.42. The Kier molecular flexibility index (Phi) is 6.92. The molecule has 3 rings (SSSR count). The van der Waals surface area contributed by atoms with Gasteiger partial charge in [-0.25, -0.2) is 12.7 Å². The summed E-state index contributed by atoms with van der Waals surface area (Å²) in [7, 11) is -4.00. The quantitative estimate of drug-likeness (QED) is 0.668. The maximum atomic E-state index is 13.2. The molecule has 0 spiro atoms. The van der Waals surface area contributed by atoms with Gasteiger partial charge in [0.05, 0.1) is 5.56 Å². The average molecular weight is 472 g/mol. The summed E-state index contributed by atoms with van der Waals surface area (Å²) in [5, 5.41) is 2.88. The largest absolute Gasteiger partial charge is 0.350 e. The summed E-state index contributed by atoms with van der Waals surface area (Å²) >= 11 is 0. The number of fused-ring (bicyclic) bond motifs is 1. The van der Waals surface area contributed by atoms with Gasteiger partial charge in [0.2, 0.25) is 11.8 Å². The lowest BCUT2D eigenvalue weighted by Crippen LogP contribution is -2.52. The first-order chi connectivity index (χ1) is 15.4. The Morgan fingerprint density at radius 2 is 1.64 bits per heavy atom. The van der Waals surface area contributed by atoms with Crippen molar-refractivity contribution in [1.29, 1.82) is 0 Å². The molecule has 33 heavy (non-hydrogen) atoms. The van der Waals surface area contributed by atoms with Crippen LogP contribution in [-0.4, -0.2) is 53.5 Å². The maximum absolute atomic E-state index is 13.2. The van der Waals surface area contributed by atoms with Crippen molar-refractivity contribution >= 4 is 27.7 Å². The molecule has 0 radical (unpaired) electrons. The fourth-order valence-corrected chi connectivity index (χ4v) is 5.20. The smallest absolute Gasteiger partial charge is 0.269 e. The number of hydrogen-bond donors (Lipinski definition) is 1. The van der Waals surface area contributed by atoms with Crippen LogP contribution in [0.4, 0.5) is 0 Å². The van der Waals surface area contributed by atoms with Crippen molar-refractivity contribution in [3.05, 3.63) is 65.7 Å². The van der Waals surface area contributed by atoms with E-state index in [0.29, 0.717) is 0 Å². The number of nitrogens with zero attached hydrogens (tertiary/aromatic N) is 2. The molecule has 3 amide bonds. The lowest BCUT2D eigenvalue weighted by atomic mass is 10.1. The first kappa shape index (κ1) is 24.4. The summed E-state index contributed by atoms with van der Waals surface area (Å²) in [5.41, 5.74) is 0.455. The van der Waals surface area contributed by atoms with Crippen LogP contribution in [0.2, 0.25) is 0 Å². The molecule has 0 saturated heterocycles. The predicted molar refractivity (Wildman–Crippen MR) is 124 cm³/mol. The number of carbonyl (C=O) groups is 3. The van der Waals surface area contributed by atoms with Gasteiger partial charge in [0.25, 0.3) is 15.9 Å². The summed E-state index contributed by atoms with van der Waals surface area (Å²) in [6, 6.07) is 14.4. The Morgan fingerprint density at radius 3 is 2.24 bits per heavy atom. The molecule has 8 nitrogen and oxygen atoms in total. The highest BCUT2D eigenvalue weighted by Crippen LogP contribution is 2.30. The first-order valence-electron chi connectivity index (χ1n) is 10.7. The van der Waals surface area contributed by atoms with Crippen molar-refractivity contribution in [1.82, 2.24) is 14.5 Å². The van der Waals surface area contributed by atoms with E-state index < -0.39 is 33.4 Å². The molecule has 1 aliphatic heterocycles. The van der Waals surface area contributed by atoms with Crippen LogP contribution in [0.3, 0.4) is 0 Å². The van der Waals surface area contributed by atoms with E-state index in [1.54, 1.807) is 19.1 Å². The molecule has 0 saturated carbocycles. The van der Waals surface area contributed by atoms with E-state index in [-0.39, 0.29) is 35.9 Å². The zero-order valence-electron chi connectivity index (χ0n) is 19.2. The van der Waals surface area contributed by atoms with Crippen LogP contribution in [0, 0.1) is 0 Å². The second-order valence-electron chi connectivity index (χ2n) is 9.05. The van der Waals surface area contributed by atoms with Crippen molar-refractivity contribution in [3.63, 3.8) is 0 Å². The van der Waals surface area contributed by atoms with Crippen molar-refractivity contribution < 1.29 is 22.8 Å². The van der Waals surface area contributed by atoms with Gasteiger partial charge >= 0.3 is 0 Å². The second kappa shape index (κ2) is 9.35. The molecule has 2 aromatic rings. The third-order valence-corrected chi connectivity index (χ3v) is 7.14. The Labute approximate surface area is 194 Å². The molecule has 2 aromatic carbocycles. The third-order valence-electron chi connectivity index (χ3n) is 5.30. The Balaban J connectivity index is 1.79. The zero-order chi connectivity index (χ0) is 24.4. The molecule has 176 valence electrons. The van der Waals surface area contributed by atoms with E-state index in [2.05, 4.69) is 5.32 Å². The average Bonchev–Trinajstić information content (AvgIpc) is 2.95. The number of amides is 3. The van der Waals surface area contributed by atoms with Gasteiger partial charge in [-0.15, -0.1) is 0 Å². The SMILES string of the molecule is C[C@H](C(=O)NC(C)(C)C)N(Cc1ccccc1)C(=O)CCN1C(=O)c2ccccc2S1(=O)=O. The van der Waals surface area contributed by atoms with E-state index in [1.807, 2.05) is 51.1 Å². The summed E-state index contributed by atoms with van der Waals surface area (Å²) < 4.78 is 26.3. The van der Waals surface area contributed by atoms with Crippen LogP contribution in [0.5, 0.6) is 0 Å². The number of hydrogen-bond acceptors (Lipinski definition) is 5. The van der Waals surface area contributed by atoms with Gasteiger partial charge in [0.15, 0.2) is 0 Å². The van der Waals surface area contributed by atoms with Crippen LogP contribution in [-0.2, 0) is 26.2 Å². The Morgan fingerprint density at radius 1 is 1.03 bits per heavy atom. The van der Waals surface area contributed by atoms with Crippen molar-refractivity contribution in [2.75, 3.05) is 6.54 Å². The normalized spacial score (nSPS) is 15.6. The molecular weight excluding hydrogens is 442 g/mol. The van der Waals surface area contributed by atoms with E-state index in [1.165, 1.54) is 17.0 Å². The van der Waals surface area contributed by atoms with Gasteiger partial charge in [-0.1, -0.05) is 42.5 Å². The molecule has 1 heterocycles. The van der Waals surface area contributed by atoms with E-state index in [4.69, 9.17) is 0 Å². The van der Waals surface area contributed by atoms with E-state index in [9.17, 15) is 22.8 Å². The predicted octanol–water partition coefficient (Wildman–Crippen LogP) is 2.55. The lowest BCUT2D eigenvalue weighted by molar-refractivity contribution is -0.141. The highest BCUT2D eigenvalue weighted by atomic mass is 32.2. The molecule has 0 aliphatic carbocycles. The number of benzene rings is 2. The minimum atomic E-state index is -4.00. The fourth-order valence-electron chi connectivity index (χ4n) is 3.63. The van der Waals surface area contributed by atoms with Crippen LogP contribution < -0.4 is 5.32 Å². The Hall–Kier alpha value is -3.20. The van der Waals surface area contributed by atoms with Gasteiger partial charge in [0.1, 0.15) is 10.9 Å². The maximum Gasteiger partial charge on any atom is 0.269 e. The van der Waals surface area contributed by atoms with Crippen LogP contribution in [0.15, 0.2) is 59.5 Å². The van der Waals surface area contributed by atoms with E-state index in [0.717, 1.165) is 9.87 Å². The number of nitrogens with one attached hydrogen (secondary N) is 1. The van der Waals surface area contributed by atoms with Crippen molar-refractivity contribution in [2.24, 2.45) is 0 Å². The summed E-state index contributed by atoms with van der Waals surface area (Å²) in [6.07, 6.45) is -0.237. The molecule has 0 unspecified atom stereocenters. The topological polar surface area (TPSA) is 104 Å². The highest BCUT2D eigenvalue weighted by Gasteiger charge is 2.41. The molecule has 0 bridgehead atoms. The molecule has 0 fully saturated rings. The lowest BCUT2D eigenvalue weighted by Gasteiger charge is -2.32. The summed E-state index contributed by atoms with van der Waals surface area (Å²) in [6.45, 7) is 7.07. The standard InChI is InChI=1S/C24H29N3O5S/c1-17(22(29)25-24(2,3)4)26(16-18-10-6-5-7-11-18)21(28)14-15-27-23(30)19-12-8-9-13-20(19)33(27,31)32/h5-13,17H,14-16H2,1-4H3,(H,25,29)/t17-/m1/s1. The number of sulfonamides is 1. The highest BCUT2D eigenvalue weighted by molar-refractivity contribution is 7.90. The zero-order valence-corrected chi connectivity index (χ0v) is 20.1. The van der Waals surface area contributed by atoms with Gasteiger partial charge < -0.3 is 10.2 Å². The minimum Gasteiger partial charge on any atom is -0.350 e. The minimum absolute atomic E-state index is 0.0542. The molecule has 9 heteroatoms. The number of carbonyl (C=O) groups excluding carboxylic acids is 3. The van der Waals surface area contributed by atoms with E-state index >= 15 is 0 Å². The Bertz CT molecular complexity index is 1160. The summed E-state index contributed by atoms with van der Waals surface area (Å²) in [5.74, 6) is -1.38. The summed E-state index contributed by atoms with van der Waals surface area (Å²) in [4.78, 5) is 40.0. The first-order valence-corrected chi connectivity index (χ1v) is 12.2. The van der Waals surface area contributed by atoms with Crippen LogP contribution in [0.25, 0.3) is 0 Å². The molecular formula is C24H29N3O5S. The van der Waals surface area contributed by atoms with Crippen LogP contribution >= 0.6 is 0 Å². The fraction of sp³-hybridized carbons (Fsp3) is 0.375.